The van der Waals surface area contributed by atoms with Crippen LogP contribution in [0.5, 0.6) is 0 Å². The van der Waals surface area contributed by atoms with Crippen LogP contribution in [0.15, 0.2) is 24.3 Å². The van der Waals surface area contributed by atoms with Crippen molar-refractivity contribution in [3.05, 3.63) is 29.8 Å². The van der Waals surface area contributed by atoms with Crippen LogP contribution in [0.2, 0.25) is 0 Å². The zero-order chi connectivity index (χ0) is 12.7. The highest BCUT2D eigenvalue weighted by Gasteiger charge is 2.04. The number of amides is 1. The topological polar surface area (TPSA) is 78.9 Å². The maximum Gasteiger partial charge on any atom is 0.224 e. The lowest BCUT2D eigenvalue weighted by atomic mass is 10.1. The van der Waals surface area contributed by atoms with Gasteiger partial charge in [0.15, 0.2) is 0 Å². The average Bonchev–Trinajstić information content (AvgIpc) is 2.29. The number of rotatable bonds is 5. The highest BCUT2D eigenvalue weighted by molar-refractivity contribution is 5.90. The monoisotopic (exact) mass is 231 g/mol. The van der Waals surface area contributed by atoms with E-state index in [2.05, 4.69) is 11.4 Å². The molecule has 1 aromatic carbocycles. The number of benzene rings is 1. The first-order chi connectivity index (χ1) is 8.11. The molecule has 0 aliphatic rings. The van der Waals surface area contributed by atoms with Crippen molar-refractivity contribution in [2.45, 2.75) is 32.2 Å². The molecular formula is C13H17N3O. The second-order valence-electron chi connectivity index (χ2n) is 4.10. The second kappa shape index (κ2) is 6.66. The van der Waals surface area contributed by atoms with Crippen molar-refractivity contribution >= 4 is 11.6 Å². The molecule has 1 rings (SSSR count). The number of anilines is 1. The Labute approximate surface area is 101 Å². The number of nitrogens with two attached hydrogens (primary N) is 1. The highest BCUT2D eigenvalue weighted by atomic mass is 16.1. The van der Waals surface area contributed by atoms with E-state index >= 15 is 0 Å². The molecule has 4 heteroatoms. The number of hydrogen-bond acceptors (Lipinski definition) is 3. The minimum absolute atomic E-state index is 0.0321. The normalized spacial score (nSPS) is 11.6. The number of nitriles is 1. The summed E-state index contributed by atoms with van der Waals surface area (Å²) in [7, 11) is 0. The number of carbonyl (C=O) groups excluding carboxylic acids is 1. The van der Waals surface area contributed by atoms with Gasteiger partial charge in [-0.1, -0.05) is 12.1 Å². The van der Waals surface area contributed by atoms with E-state index in [0.717, 1.165) is 11.3 Å². The Bertz CT molecular complexity index is 404. The van der Waals surface area contributed by atoms with Crippen LogP contribution in [0.1, 0.15) is 25.3 Å². The molecule has 4 nitrogen and oxygen atoms in total. The molecule has 0 saturated carbocycles. The molecule has 0 bridgehead atoms. The largest absolute Gasteiger partial charge is 0.328 e. The van der Waals surface area contributed by atoms with E-state index in [9.17, 15) is 4.79 Å². The minimum atomic E-state index is -0.0321. The van der Waals surface area contributed by atoms with Gasteiger partial charge in [0.2, 0.25) is 5.91 Å². The zero-order valence-electron chi connectivity index (χ0n) is 9.94. The molecule has 0 saturated heterocycles. The maximum atomic E-state index is 11.5. The van der Waals surface area contributed by atoms with Gasteiger partial charge in [-0.2, -0.15) is 5.26 Å². The van der Waals surface area contributed by atoms with E-state index in [4.69, 9.17) is 11.0 Å². The van der Waals surface area contributed by atoms with Crippen LogP contribution < -0.4 is 11.1 Å². The molecule has 0 aliphatic carbocycles. The summed E-state index contributed by atoms with van der Waals surface area (Å²) in [5.74, 6) is -0.0321. The van der Waals surface area contributed by atoms with Crippen molar-refractivity contribution in [1.82, 2.24) is 0 Å². The van der Waals surface area contributed by atoms with Crippen molar-refractivity contribution in [2.24, 2.45) is 5.73 Å². The molecule has 1 amide bonds. The molecule has 0 aliphatic heterocycles. The van der Waals surface area contributed by atoms with Crippen LogP contribution in [0.3, 0.4) is 0 Å². The van der Waals surface area contributed by atoms with Gasteiger partial charge >= 0.3 is 0 Å². The summed E-state index contributed by atoms with van der Waals surface area (Å²) in [5, 5.41) is 11.3. The van der Waals surface area contributed by atoms with Gasteiger partial charge < -0.3 is 11.1 Å². The highest BCUT2D eigenvalue weighted by Crippen LogP contribution is 2.10. The Hall–Kier alpha value is -1.86. The maximum absolute atomic E-state index is 11.5. The lowest BCUT2D eigenvalue weighted by molar-refractivity contribution is -0.116. The predicted molar refractivity (Wildman–Crippen MR) is 67.3 cm³/mol. The van der Waals surface area contributed by atoms with Gasteiger partial charge in [-0.3, -0.25) is 4.79 Å². The van der Waals surface area contributed by atoms with Gasteiger partial charge in [-0.05, 0) is 31.0 Å². The number of nitrogens with zero attached hydrogens (tertiary/aromatic N) is 1. The molecule has 0 heterocycles. The van der Waals surface area contributed by atoms with Crippen molar-refractivity contribution in [3.8, 4) is 6.07 Å². The molecule has 90 valence electrons. The molecule has 3 N–H and O–H groups in total. The summed E-state index contributed by atoms with van der Waals surface area (Å²) in [5.41, 5.74) is 7.27. The summed E-state index contributed by atoms with van der Waals surface area (Å²) in [6.45, 7) is 1.88. The van der Waals surface area contributed by atoms with Gasteiger partial charge in [0.25, 0.3) is 0 Å². The third-order valence-electron chi connectivity index (χ3n) is 2.35. The summed E-state index contributed by atoms with van der Waals surface area (Å²) >= 11 is 0. The van der Waals surface area contributed by atoms with Crippen LogP contribution in [0.4, 0.5) is 5.69 Å². The van der Waals surface area contributed by atoms with Crippen LogP contribution in [0.25, 0.3) is 0 Å². The van der Waals surface area contributed by atoms with Crippen molar-refractivity contribution in [2.75, 3.05) is 5.32 Å². The molecule has 1 aromatic rings. The first-order valence-electron chi connectivity index (χ1n) is 5.63. The Morgan fingerprint density at radius 3 is 2.65 bits per heavy atom. The second-order valence-corrected chi connectivity index (χ2v) is 4.10. The van der Waals surface area contributed by atoms with Crippen molar-refractivity contribution < 1.29 is 4.79 Å². The molecular weight excluding hydrogens is 214 g/mol. The van der Waals surface area contributed by atoms with Gasteiger partial charge in [-0.25, -0.2) is 0 Å². The van der Waals surface area contributed by atoms with E-state index in [0.29, 0.717) is 19.3 Å². The van der Waals surface area contributed by atoms with E-state index in [-0.39, 0.29) is 11.9 Å². The summed E-state index contributed by atoms with van der Waals surface area (Å²) < 4.78 is 0. The zero-order valence-corrected chi connectivity index (χ0v) is 9.94. The predicted octanol–water partition coefficient (Wildman–Crippen LogP) is 1.82. The summed E-state index contributed by atoms with van der Waals surface area (Å²) in [4.78, 5) is 11.5. The molecule has 0 spiro atoms. The third-order valence-corrected chi connectivity index (χ3v) is 2.35. The fourth-order valence-corrected chi connectivity index (χ4v) is 1.38. The quantitative estimate of drug-likeness (QED) is 0.811. The lowest BCUT2D eigenvalue weighted by Crippen LogP contribution is -2.19. The number of nitrogens with one attached hydrogen (secondary N) is 1. The number of hydrogen-bond donors (Lipinski definition) is 2. The first-order valence-corrected chi connectivity index (χ1v) is 5.63. The Morgan fingerprint density at radius 1 is 1.47 bits per heavy atom. The average molecular weight is 231 g/mol. The SMILES string of the molecule is CC(N)CCC(=O)Nc1ccc(CC#N)cc1. The molecule has 1 atom stereocenters. The third kappa shape index (κ3) is 5.14. The Kier molecular flexibility index (Phi) is 5.18. The van der Waals surface area contributed by atoms with Crippen LogP contribution in [-0.2, 0) is 11.2 Å². The van der Waals surface area contributed by atoms with Gasteiger partial charge in [0.05, 0.1) is 12.5 Å². The molecule has 17 heavy (non-hydrogen) atoms. The molecule has 0 radical (unpaired) electrons. The fourth-order valence-electron chi connectivity index (χ4n) is 1.38. The van der Waals surface area contributed by atoms with Crippen molar-refractivity contribution in [3.63, 3.8) is 0 Å². The van der Waals surface area contributed by atoms with Gasteiger partial charge in [-0.15, -0.1) is 0 Å². The van der Waals surface area contributed by atoms with E-state index in [1.165, 1.54) is 0 Å². The fraction of sp³-hybridized carbons (Fsp3) is 0.385. The molecule has 0 aromatic heterocycles. The van der Waals surface area contributed by atoms with Crippen LogP contribution in [0, 0.1) is 11.3 Å². The standard InChI is InChI=1S/C13H17N3O/c1-10(15)2-7-13(17)16-12-5-3-11(4-6-12)8-9-14/h3-6,10H,2,7-8,15H2,1H3,(H,16,17). The van der Waals surface area contributed by atoms with E-state index in [1.807, 2.05) is 19.1 Å². The van der Waals surface area contributed by atoms with E-state index in [1.54, 1.807) is 12.1 Å². The Balaban J connectivity index is 2.46. The van der Waals surface area contributed by atoms with Crippen molar-refractivity contribution in [1.29, 1.82) is 5.26 Å². The van der Waals surface area contributed by atoms with Gasteiger partial charge in [0, 0.05) is 18.2 Å². The van der Waals surface area contributed by atoms with Gasteiger partial charge in [0.1, 0.15) is 0 Å². The van der Waals surface area contributed by atoms with Crippen LogP contribution in [-0.4, -0.2) is 11.9 Å². The van der Waals surface area contributed by atoms with E-state index < -0.39 is 0 Å². The number of carbonyl (C=O) groups is 1. The lowest BCUT2D eigenvalue weighted by Gasteiger charge is -2.07. The Morgan fingerprint density at radius 2 is 2.12 bits per heavy atom. The molecule has 1 unspecified atom stereocenters. The minimum Gasteiger partial charge on any atom is -0.328 e. The summed E-state index contributed by atoms with van der Waals surface area (Å²) in [6, 6.07) is 9.40. The summed E-state index contributed by atoms with van der Waals surface area (Å²) in [6.07, 6.45) is 1.49. The smallest absolute Gasteiger partial charge is 0.224 e. The molecule has 0 fully saturated rings. The van der Waals surface area contributed by atoms with Crippen LogP contribution >= 0.6 is 0 Å². The first kappa shape index (κ1) is 13.2.